The number of benzene rings is 1. The predicted molar refractivity (Wildman–Crippen MR) is 97.5 cm³/mol. The monoisotopic (exact) mass is 344 g/mol. The molecule has 0 radical (unpaired) electrons. The number of aromatic nitrogens is 1. The number of amides is 1. The molecule has 1 aliphatic heterocycles. The van der Waals surface area contributed by atoms with Crippen LogP contribution in [-0.2, 0) is 4.79 Å². The van der Waals surface area contributed by atoms with E-state index in [-0.39, 0.29) is 5.91 Å². The second kappa shape index (κ2) is 6.81. The predicted octanol–water partition coefficient (Wildman–Crippen LogP) is 1.97. The molecule has 1 aliphatic carbocycles. The second-order valence-corrected chi connectivity index (χ2v) is 8.50. The van der Waals surface area contributed by atoms with E-state index >= 15 is 0 Å². The lowest BCUT2D eigenvalue weighted by molar-refractivity contribution is -0.898. The minimum atomic E-state index is 0.217. The SMILES string of the molecule is C[C@@H](NC(=O)C[NH+]1CCC[C@H](c2nc3ccccc3s2)C1)C1CC1. The lowest BCUT2D eigenvalue weighted by Gasteiger charge is -2.28. The van der Waals surface area contributed by atoms with Crippen LogP contribution in [0.3, 0.4) is 0 Å². The van der Waals surface area contributed by atoms with Gasteiger partial charge in [-0.3, -0.25) is 4.79 Å². The van der Waals surface area contributed by atoms with Gasteiger partial charge in [0, 0.05) is 6.04 Å². The third-order valence-corrected chi connectivity index (χ3v) is 6.60. The first kappa shape index (κ1) is 16.0. The number of rotatable bonds is 5. The third-order valence-electron chi connectivity index (χ3n) is 5.41. The zero-order valence-electron chi connectivity index (χ0n) is 14.3. The van der Waals surface area contributed by atoms with Crippen molar-refractivity contribution >= 4 is 27.5 Å². The molecule has 24 heavy (non-hydrogen) atoms. The van der Waals surface area contributed by atoms with Crippen molar-refractivity contribution in [1.29, 1.82) is 0 Å². The first-order valence-corrected chi connectivity index (χ1v) is 9.99. The third kappa shape index (κ3) is 3.62. The molecule has 2 aromatic rings. The Kier molecular flexibility index (Phi) is 4.55. The topological polar surface area (TPSA) is 46.4 Å². The maximum absolute atomic E-state index is 12.3. The van der Waals surface area contributed by atoms with E-state index in [4.69, 9.17) is 4.98 Å². The van der Waals surface area contributed by atoms with Crippen LogP contribution in [-0.4, -0.2) is 36.6 Å². The van der Waals surface area contributed by atoms with Crippen molar-refractivity contribution in [2.75, 3.05) is 19.6 Å². The van der Waals surface area contributed by atoms with E-state index in [1.807, 2.05) is 11.3 Å². The van der Waals surface area contributed by atoms with Crippen LogP contribution in [0.2, 0.25) is 0 Å². The van der Waals surface area contributed by atoms with Gasteiger partial charge in [0.2, 0.25) is 0 Å². The van der Waals surface area contributed by atoms with Crippen LogP contribution in [0.1, 0.15) is 43.5 Å². The van der Waals surface area contributed by atoms with E-state index in [1.165, 1.54) is 40.3 Å². The molecule has 128 valence electrons. The number of fused-ring (bicyclic) bond motifs is 1. The molecule has 1 saturated heterocycles. The lowest BCUT2D eigenvalue weighted by atomic mass is 9.99. The minimum absolute atomic E-state index is 0.217. The summed E-state index contributed by atoms with van der Waals surface area (Å²) in [6, 6.07) is 8.72. The Labute approximate surface area is 147 Å². The minimum Gasteiger partial charge on any atom is -0.348 e. The molecule has 1 saturated carbocycles. The smallest absolute Gasteiger partial charge is 0.275 e. The molecule has 2 aliphatic rings. The Morgan fingerprint density at radius 3 is 3.00 bits per heavy atom. The number of piperidine rings is 1. The Morgan fingerprint density at radius 2 is 2.21 bits per heavy atom. The summed E-state index contributed by atoms with van der Waals surface area (Å²) in [4.78, 5) is 18.5. The van der Waals surface area contributed by atoms with Gasteiger partial charge < -0.3 is 10.2 Å². The van der Waals surface area contributed by atoms with Crippen molar-refractivity contribution in [2.24, 2.45) is 5.92 Å². The maximum Gasteiger partial charge on any atom is 0.275 e. The fourth-order valence-electron chi connectivity index (χ4n) is 3.83. The average molecular weight is 345 g/mol. The van der Waals surface area contributed by atoms with E-state index in [0.29, 0.717) is 18.5 Å². The van der Waals surface area contributed by atoms with E-state index in [1.54, 1.807) is 0 Å². The van der Waals surface area contributed by atoms with Crippen molar-refractivity contribution in [2.45, 2.75) is 44.6 Å². The summed E-state index contributed by atoms with van der Waals surface area (Å²) in [7, 11) is 0. The van der Waals surface area contributed by atoms with Gasteiger partial charge in [0.15, 0.2) is 6.54 Å². The van der Waals surface area contributed by atoms with Crippen LogP contribution in [0.5, 0.6) is 0 Å². The molecular formula is C19H26N3OS+. The Morgan fingerprint density at radius 1 is 1.38 bits per heavy atom. The summed E-state index contributed by atoms with van der Waals surface area (Å²) in [5.74, 6) is 1.44. The maximum atomic E-state index is 12.3. The second-order valence-electron chi connectivity index (χ2n) is 7.43. The number of nitrogens with zero attached hydrogens (tertiary/aromatic N) is 1. The first-order valence-electron chi connectivity index (χ1n) is 9.17. The van der Waals surface area contributed by atoms with Crippen LogP contribution in [0.25, 0.3) is 10.2 Å². The highest BCUT2D eigenvalue weighted by molar-refractivity contribution is 7.18. The molecule has 1 aromatic carbocycles. The summed E-state index contributed by atoms with van der Waals surface area (Å²) in [6.07, 6.45) is 4.93. The molecule has 2 N–H and O–H groups in total. The number of likely N-dealkylation sites (tertiary alicyclic amines) is 1. The number of quaternary nitrogens is 1. The molecule has 4 nitrogen and oxygen atoms in total. The highest BCUT2D eigenvalue weighted by Gasteiger charge is 2.31. The van der Waals surface area contributed by atoms with Gasteiger partial charge in [0.1, 0.15) is 5.01 Å². The average Bonchev–Trinajstić information content (AvgIpc) is 3.34. The van der Waals surface area contributed by atoms with Crippen LogP contribution in [0, 0.1) is 5.92 Å². The molecule has 5 heteroatoms. The van der Waals surface area contributed by atoms with Crippen molar-refractivity contribution in [1.82, 2.24) is 10.3 Å². The normalized spacial score (nSPS) is 25.5. The van der Waals surface area contributed by atoms with Gasteiger partial charge in [0.25, 0.3) is 5.91 Å². The van der Waals surface area contributed by atoms with Gasteiger partial charge in [-0.1, -0.05) is 12.1 Å². The Bertz CT molecular complexity index is 691. The summed E-state index contributed by atoms with van der Waals surface area (Å²) in [5, 5.41) is 4.44. The molecule has 2 heterocycles. The number of hydrogen-bond donors (Lipinski definition) is 2. The quantitative estimate of drug-likeness (QED) is 0.871. The molecule has 1 unspecified atom stereocenters. The van der Waals surface area contributed by atoms with E-state index in [2.05, 4.69) is 36.5 Å². The Hall–Kier alpha value is -1.46. The molecule has 1 amide bonds. The van der Waals surface area contributed by atoms with Crippen LogP contribution in [0.15, 0.2) is 24.3 Å². The first-order chi connectivity index (χ1) is 11.7. The van der Waals surface area contributed by atoms with Crippen molar-refractivity contribution in [3.63, 3.8) is 0 Å². The van der Waals surface area contributed by atoms with Gasteiger partial charge in [-0.15, -0.1) is 11.3 Å². The molecule has 1 aromatic heterocycles. The molecular weight excluding hydrogens is 318 g/mol. The molecule has 2 fully saturated rings. The number of nitrogens with one attached hydrogen (secondary N) is 2. The van der Waals surface area contributed by atoms with Crippen LogP contribution < -0.4 is 10.2 Å². The largest absolute Gasteiger partial charge is 0.348 e. The van der Waals surface area contributed by atoms with Gasteiger partial charge in [0.05, 0.1) is 29.2 Å². The highest BCUT2D eigenvalue weighted by atomic mass is 32.1. The zero-order chi connectivity index (χ0) is 16.5. The van der Waals surface area contributed by atoms with Gasteiger partial charge in [-0.25, -0.2) is 4.98 Å². The van der Waals surface area contributed by atoms with E-state index < -0.39 is 0 Å². The van der Waals surface area contributed by atoms with Gasteiger partial charge in [-0.05, 0) is 50.7 Å². The van der Waals surface area contributed by atoms with Crippen molar-refractivity contribution in [3.05, 3.63) is 29.3 Å². The van der Waals surface area contributed by atoms with E-state index in [9.17, 15) is 4.79 Å². The molecule has 0 bridgehead atoms. The number of carbonyl (C=O) groups excluding carboxylic acids is 1. The number of thiazole rings is 1. The molecule has 3 atom stereocenters. The standard InChI is InChI=1S/C19H25N3OS/c1-13(14-8-9-14)20-18(23)12-22-10-4-5-15(11-22)19-21-16-6-2-3-7-17(16)24-19/h2-3,6-7,13-15H,4-5,8-12H2,1H3,(H,20,23)/p+1/t13-,15+/m1/s1. The highest BCUT2D eigenvalue weighted by Crippen LogP contribution is 2.32. The molecule has 0 spiro atoms. The Balaban J connectivity index is 1.37. The van der Waals surface area contributed by atoms with E-state index in [0.717, 1.165) is 24.5 Å². The zero-order valence-corrected chi connectivity index (χ0v) is 15.1. The van der Waals surface area contributed by atoms with Crippen molar-refractivity contribution in [3.8, 4) is 0 Å². The lowest BCUT2D eigenvalue weighted by Crippen LogP contribution is -3.14. The fourth-order valence-corrected chi connectivity index (χ4v) is 4.94. The fraction of sp³-hybridized carbons (Fsp3) is 0.579. The summed E-state index contributed by atoms with van der Waals surface area (Å²) in [5.41, 5.74) is 1.11. The van der Waals surface area contributed by atoms with Gasteiger partial charge in [-0.2, -0.15) is 0 Å². The number of hydrogen-bond acceptors (Lipinski definition) is 3. The van der Waals surface area contributed by atoms with Crippen LogP contribution >= 0.6 is 11.3 Å². The summed E-state index contributed by atoms with van der Waals surface area (Å²) in [6.45, 7) is 4.89. The number of para-hydroxylation sites is 1. The summed E-state index contributed by atoms with van der Waals surface area (Å²) >= 11 is 1.82. The summed E-state index contributed by atoms with van der Waals surface area (Å²) < 4.78 is 1.27. The van der Waals surface area contributed by atoms with Crippen LogP contribution in [0.4, 0.5) is 0 Å². The van der Waals surface area contributed by atoms with Gasteiger partial charge >= 0.3 is 0 Å². The van der Waals surface area contributed by atoms with Crippen molar-refractivity contribution < 1.29 is 9.69 Å². The molecule has 4 rings (SSSR count). The number of carbonyl (C=O) groups is 1.